The summed E-state index contributed by atoms with van der Waals surface area (Å²) in [5, 5.41) is 0.525. The van der Waals surface area contributed by atoms with Crippen LogP contribution in [0.5, 0.6) is 0 Å². The van der Waals surface area contributed by atoms with Crippen LogP contribution in [0.2, 0.25) is 0 Å². The Hall–Kier alpha value is -2.37. The molecular formula is C21H21BO4. The molecule has 2 heterocycles. The topological polar surface area (TPSA) is 48.7 Å². The van der Waals surface area contributed by atoms with Gasteiger partial charge in [-0.2, -0.15) is 0 Å². The Morgan fingerprint density at radius 3 is 2.15 bits per heavy atom. The van der Waals surface area contributed by atoms with Gasteiger partial charge in [0.1, 0.15) is 11.3 Å². The summed E-state index contributed by atoms with van der Waals surface area (Å²) in [5.41, 5.74) is 1.32. The second kappa shape index (κ2) is 5.83. The van der Waals surface area contributed by atoms with Crippen LogP contribution in [0.15, 0.2) is 63.8 Å². The Labute approximate surface area is 152 Å². The third-order valence-corrected chi connectivity index (χ3v) is 5.33. The fourth-order valence-electron chi connectivity index (χ4n) is 3.04. The van der Waals surface area contributed by atoms with Gasteiger partial charge in [-0.3, -0.25) is 4.79 Å². The Kier molecular flexibility index (Phi) is 3.83. The first-order chi connectivity index (χ1) is 12.3. The Bertz CT molecular complexity index is 1010. The highest BCUT2D eigenvalue weighted by atomic mass is 16.7. The summed E-state index contributed by atoms with van der Waals surface area (Å²) in [6.45, 7) is 8.03. The molecule has 3 aromatic rings. The molecule has 1 aromatic heterocycles. The third kappa shape index (κ3) is 2.77. The third-order valence-electron chi connectivity index (χ3n) is 5.33. The van der Waals surface area contributed by atoms with Gasteiger partial charge in [-0.05, 0) is 45.3 Å². The molecule has 4 nitrogen and oxygen atoms in total. The SMILES string of the molecule is CC1(C)OB(c2ccc3oc(-c4ccccc4)cc(=O)c3c2)OC1(C)C. The minimum absolute atomic E-state index is 0.0801. The van der Waals surface area contributed by atoms with Crippen molar-refractivity contribution in [3.05, 3.63) is 64.8 Å². The van der Waals surface area contributed by atoms with Crippen LogP contribution < -0.4 is 10.9 Å². The maximum Gasteiger partial charge on any atom is 0.494 e. The van der Waals surface area contributed by atoms with Crippen LogP contribution in [0.4, 0.5) is 0 Å². The highest BCUT2D eigenvalue weighted by Gasteiger charge is 2.51. The first kappa shape index (κ1) is 17.1. The van der Waals surface area contributed by atoms with Crippen molar-refractivity contribution in [1.29, 1.82) is 0 Å². The maximum absolute atomic E-state index is 12.7. The van der Waals surface area contributed by atoms with E-state index in [1.54, 1.807) is 6.07 Å². The average Bonchev–Trinajstić information content (AvgIpc) is 2.83. The standard InChI is InChI=1S/C21H21BO4/c1-20(2)21(3,4)26-22(25-20)15-10-11-18-16(12-15)17(23)13-19(24-18)14-8-6-5-7-9-14/h5-13H,1-4H3. The molecule has 1 aliphatic heterocycles. The minimum atomic E-state index is -0.502. The zero-order valence-electron chi connectivity index (χ0n) is 15.4. The summed E-state index contributed by atoms with van der Waals surface area (Å²) in [6.07, 6.45) is 0. The second-order valence-electron chi connectivity index (χ2n) is 7.68. The molecule has 132 valence electrons. The van der Waals surface area contributed by atoms with Crippen molar-refractivity contribution in [1.82, 2.24) is 0 Å². The molecule has 0 bridgehead atoms. The molecule has 0 aliphatic carbocycles. The van der Waals surface area contributed by atoms with Crippen molar-refractivity contribution < 1.29 is 13.7 Å². The number of hydrogen-bond acceptors (Lipinski definition) is 4. The van der Waals surface area contributed by atoms with E-state index in [9.17, 15) is 4.79 Å². The lowest BCUT2D eigenvalue weighted by atomic mass is 9.78. The molecule has 0 amide bonds. The zero-order chi connectivity index (χ0) is 18.5. The second-order valence-corrected chi connectivity index (χ2v) is 7.68. The molecule has 0 spiro atoms. The quantitative estimate of drug-likeness (QED) is 0.662. The van der Waals surface area contributed by atoms with Crippen molar-refractivity contribution in [3.8, 4) is 11.3 Å². The molecule has 1 aliphatic rings. The van der Waals surface area contributed by atoms with E-state index >= 15 is 0 Å². The summed E-state index contributed by atoms with van der Waals surface area (Å²) < 4.78 is 18.1. The zero-order valence-corrected chi connectivity index (χ0v) is 15.4. The van der Waals surface area contributed by atoms with Gasteiger partial charge in [0.05, 0.1) is 16.6 Å². The van der Waals surface area contributed by atoms with Gasteiger partial charge in [0.2, 0.25) is 0 Å². The molecule has 0 radical (unpaired) electrons. The minimum Gasteiger partial charge on any atom is -0.456 e. The van der Waals surface area contributed by atoms with E-state index < -0.39 is 18.3 Å². The van der Waals surface area contributed by atoms with Crippen LogP contribution in [0.1, 0.15) is 27.7 Å². The van der Waals surface area contributed by atoms with Crippen LogP contribution in [-0.2, 0) is 9.31 Å². The van der Waals surface area contributed by atoms with Crippen LogP contribution in [0, 0.1) is 0 Å². The average molecular weight is 348 g/mol. The molecular weight excluding hydrogens is 327 g/mol. The highest BCUT2D eigenvalue weighted by molar-refractivity contribution is 6.62. The summed E-state index contributed by atoms with van der Waals surface area (Å²) in [6, 6.07) is 16.6. The van der Waals surface area contributed by atoms with Crippen LogP contribution >= 0.6 is 0 Å². The van der Waals surface area contributed by atoms with Crippen molar-refractivity contribution >= 4 is 23.6 Å². The van der Waals surface area contributed by atoms with E-state index in [0.717, 1.165) is 11.0 Å². The molecule has 26 heavy (non-hydrogen) atoms. The highest BCUT2D eigenvalue weighted by Crippen LogP contribution is 2.36. The molecule has 1 saturated heterocycles. The molecule has 4 rings (SSSR count). The van der Waals surface area contributed by atoms with Crippen LogP contribution in [0.3, 0.4) is 0 Å². The van der Waals surface area contributed by atoms with Crippen molar-refractivity contribution in [2.24, 2.45) is 0 Å². The van der Waals surface area contributed by atoms with Crippen molar-refractivity contribution in [3.63, 3.8) is 0 Å². The number of rotatable bonds is 2. The largest absolute Gasteiger partial charge is 0.494 e. The Morgan fingerprint density at radius 1 is 0.846 bits per heavy atom. The van der Waals surface area contributed by atoms with Gasteiger partial charge in [-0.1, -0.05) is 36.4 Å². The predicted octanol–water partition coefficient (Wildman–Crippen LogP) is 3.76. The van der Waals surface area contributed by atoms with E-state index in [1.165, 1.54) is 6.07 Å². The van der Waals surface area contributed by atoms with E-state index in [-0.39, 0.29) is 5.43 Å². The molecule has 1 fully saturated rings. The lowest BCUT2D eigenvalue weighted by Crippen LogP contribution is -2.41. The van der Waals surface area contributed by atoms with E-state index in [4.69, 9.17) is 13.7 Å². The smallest absolute Gasteiger partial charge is 0.456 e. The number of hydrogen-bond donors (Lipinski definition) is 0. The fourth-order valence-corrected chi connectivity index (χ4v) is 3.04. The summed E-state index contributed by atoms with van der Waals surface area (Å²) in [5.74, 6) is 0.562. The molecule has 5 heteroatoms. The van der Waals surface area contributed by atoms with Crippen molar-refractivity contribution in [2.45, 2.75) is 38.9 Å². The van der Waals surface area contributed by atoms with Gasteiger partial charge in [0.15, 0.2) is 5.43 Å². The van der Waals surface area contributed by atoms with Crippen LogP contribution in [-0.4, -0.2) is 18.3 Å². The van der Waals surface area contributed by atoms with E-state index in [2.05, 4.69) is 0 Å². The van der Waals surface area contributed by atoms with Gasteiger partial charge in [0, 0.05) is 11.6 Å². The summed E-state index contributed by atoms with van der Waals surface area (Å²) in [4.78, 5) is 12.7. The number of benzene rings is 2. The van der Waals surface area contributed by atoms with Gasteiger partial charge >= 0.3 is 7.12 Å². The molecule has 0 unspecified atom stereocenters. The van der Waals surface area contributed by atoms with Crippen molar-refractivity contribution in [2.75, 3.05) is 0 Å². The lowest BCUT2D eigenvalue weighted by molar-refractivity contribution is 0.00578. The first-order valence-electron chi connectivity index (χ1n) is 8.76. The van der Waals surface area contributed by atoms with E-state index in [0.29, 0.717) is 16.7 Å². The molecule has 2 aromatic carbocycles. The Morgan fingerprint density at radius 2 is 1.50 bits per heavy atom. The van der Waals surface area contributed by atoms with Gasteiger partial charge < -0.3 is 13.7 Å². The lowest BCUT2D eigenvalue weighted by Gasteiger charge is -2.32. The van der Waals surface area contributed by atoms with Gasteiger partial charge in [-0.15, -0.1) is 0 Å². The number of fused-ring (bicyclic) bond motifs is 1. The van der Waals surface area contributed by atoms with E-state index in [1.807, 2.05) is 70.2 Å². The predicted molar refractivity (Wildman–Crippen MR) is 104 cm³/mol. The normalized spacial score (nSPS) is 18.4. The fraction of sp³-hybridized carbons (Fsp3) is 0.286. The maximum atomic E-state index is 12.7. The molecule has 0 atom stereocenters. The summed E-state index contributed by atoms with van der Waals surface area (Å²) >= 11 is 0. The van der Waals surface area contributed by atoms with Crippen LogP contribution in [0.25, 0.3) is 22.3 Å². The molecule has 0 saturated carbocycles. The summed E-state index contributed by atoms with van der Waals surface area (Å²) in [7, 11) is -0.502. The molecule has 0 N–H and O–H groups in total. The van der Waals surface area contributed by atoms with Gasteiger partial charge in [-0.25, -0.2) is 0 Å². The monoisotopic (exact) mass is 348 g/mol. The first-order valence-corrected chi connectivity index (χ1v) is 8.76. The van der Waals surface area contributed by atoms with Gasteiger partial charge in [0.25, 0.3) is 0 Å². The Balaban J connectivity index is 1.75.